The summed E-state index contributed by atoms with van der Waals surface area (Å²) in [6.45, 7) is 4.88. The van der Waals surface area contributed by atoms with Crippen molar-refractivity contribution in [3.8, 4) is 11.1 Å². The number of hydrogen-bond acceptors (Lipinski definition) is 4. The van der Waals surface area contributed by atoms with E-state index in [4.69, 9.17) is 5.73 Å². The molecule has 1 aliphatic heterocycles. The number of amides is 2. The number of rotatable bonds is 7. The Morgan fingerprint density at radius 3 is 2.64 bits per heavy atom. The van der Waals surface area contributed by atoms with Gasteiger partial charge in [-0.25, -0.2) is 0 Å². The second kappa shape index (κ2) is 9.46. The number of hydrogen-bond donors (Lipinski definition) is 1. The van der Waals surface area contributed by atoms with Gasteiger partial charge in [0.25, 0.3) is 0 Å². The monoisotopic (exact) mass is 380 g/mol. The molecule has 0 aliphatic carbocycles. The van der Waals surface area contributed by atoms with Crippen molar-refractivity contribution < 1.29 is 9.59 Å². The average molecular weight is 380 g/mol. The Morgan fingerprint density at radius 2 is 1.93 bits per heavy atom. The van der Waals surface area contributed by atoms with Gasteiger partial charge in [0, 0.05) is 38.6 Å². The molecule has 6 heteroatoms. The van der Waals surface area contributed by atoms with Crippen molar-refractivity contribution in [2.45, 2.75) is 19.8 Å². The van der Waals surface area contributed by atoms with Gasteiger partial charge in [-0.15, -0.1) is 0 Å². The highest BCUT2D eigenvalue weighted by atomic mass is 16.2. The Hall–Kier alpha value is -2.73. The number of nitrogens with two attached hydrogens (primary N) is 1. The van der Waals surface area contributed by atoms with E-state index in [9.17, 15) is 9.59 Å². The number of benzene rings is 1. The SMILES string of the molecule is CCCN1CCN(CC(N)=O)CC(Cc2ccccc2-c2ccncc2)C1=O. The van der Waals surface area contributed by atoms with Crippen LogP contribution in [0.4, 0.5) is 0 Å². The van der Waals surface area contributed by atoms with Crippen molar-refractivity contribution in [3.05, 3.63) is 54.4 Å². The van der Waals surface area contributed by atoms with Crippen molar-refractivity contribution >= 4 is 11.8 Å². The molecule has 2 heterocycles. The van der Waals surface area contributed by atoms with E-state index >= 15 is 0 Å². The Bertz CT molecular complexity index is 809. The van der Waals surface area contributed by atoms with Crippen LogP contribution in [-0.2, 0) is 16.0 Å². The topological polar surface area (TPSA) is 79.5 Å². The van der Waals surface area contributed by atoms with E-state index in [0.29, 0.717) is 26.1 Å². The quantitative estimate of drug-likeness (QED) is 0.796. The molecule has 1 aromatic carbocycles. The standard InChI is InChI=1S/C22H28N4O2/c1-2-11-26-13-12-25(16-21(23)27)15-19(22(26)28)14-18-5-3-4-6-20(18)17-7-9-24-10-8-17/h3-10,19H,2,11-16H2,1H3,(H2,23,27). The zero-order valence-electron chi connectivity index (χ0n) is 16.4. The number of carbonyl (C=O) groups is 2. The molecule has 0 radical (unpaired) electrons. The van der Waals surface area contributed by atoms with E-state index in [2.05, 4.69) is 24.0 Å². The van der Waals surface area contributed by atoms with Crippen LogP contribution in [-0.4, -0.2) is 59.3 Å². The summed E-state index contributed by atoms with van der Waals surface area (Å²) in [6.07, 6.45) is 5.11. The molecule has 2 N–H and O–H groups in total. The first-order valence-electron chi connectivity index (χ1n) is 9.86. The minimum atomic E-state index is -0.354. The molecule has 6 nitrogen and oxygen atoms in total. The maximum atomic E-state index is 13.2. The molecule has 1 atom stereocenters. The van der Waals surface area contributed by atoms with Crippen LogP contribution >= 0.6 is 0 Å². The molecule has 0 spiro atoms. The van der Waals surface area contributed by atoms with Gasteiger partial charge in [0.1, 0.15) is 0 Å². The molecule has 1 saturated heterocycles. The molecule has 0 bridgehead atoms. The van der Waals surface area contributed by atoms with E-state index < -0.39 is 0 Å². The highest BCUT2D eigenvalue weighted by Crippen LogP contribution is 2.27. The van der Waals surface area contributed by atoms with Crippen LogP contribution in [0.15, 0.2) is 48.8 Å². The summed E-state index contributed by atoms with van der Waals surface area (Å²) >= 11 is 0. The van der Waals surface area contributed by atoms with Gasteiger partial charge in [-0.3, -0.25) is 19.5 Å². The molecule has 28 heavy (non-hydrogen) atoms. The molecule has 2 aromatic rings. The van der Waals surface area contributed by atoms with Gasteiger partial charge >= 0.3 is 0 Å². The van der Waals surface area contributed by atoms with Crippen LogP contribution < -0.4 is 5.73 Å². The van der Waals surface area contributed by atoms with Crippen molar-refractivity contribution in [2.24, 2.45) is 11.7 Å². The highest BCUT2D eigenvalue weighted by molar-refractivity contribution is 5.81. The highest BCUT2D eigenvalue weighted by Gasteiger charge is 2.31. The van der Waals surface area contributed by atoms with E-state index in [0.717, 1.165) is 29.7 Å². The molecule has 0 saturated carbocycles. The summed E-state index contributed by atoms with van der Waals surface area (Å²) in [5.74, 6) is -0.387. The van der Waals surface area contributed by atoms with Crippen LogP contribution in [0.3, 0.4) is 0 Å². The maximum absolute atomic E-state index is 13.2. The fourth-order valence-electron chi connectivity index (χ4n) is 3.90. The first-order valence-corrected chi connectivity index (χ1v) is 9.86. The number of pyridine rings is 1. The normalized spacial score (nSPS) is 18.1. The number of carbonyl (C=O) groups excluding carboxylic acids is 2. The van der Waals surface area contributed by atoms with E-state index in [-0.39, 0.29) is 24.3 Å². The zero-order valence-corrected chi connectivity index (χ0v) is 16.4. The fourth-order valence-corrected chi connectivity index (χ4v) is 3.90. The minimum absolute atomic E-state index is 0.165. The van der Waals surface area contributed by atoms with Crippen LogP contribution in [0.2, 0.25) is 0 Å². The average Bonchev–Trinajstić information content (AvgIpc) is 2.83. The summed E-state index contributed by atoms with van der Waals surface area (Å²) in [6, 6.07) is 12.1. The lowest BCUT2D eigenvalue weighted by molar-refractivity contribution is -0.134. The second-order valence-corrected chi connectivity index (χ2v) is 7.32. The van der Waals surface area contributed by atoms with Crippen LogP contribution in [0, 0.1) is 5.92 Å². The lowest BCUT2D eigenvalue weighted by Crippen LogP contribution is -2.38. The third kappa shape index (κ3) is 4.95. The first kappa shape index (κ1) is 20.0. The number of aromatic nitrogens is 1. The summed E-state index contributed by atoms with van der Waals surface area (Å²) in [5, 5.41) is 0. The van der Waals surface area contributed by atoms with Gasteiger partial charge in [-0.1, -0.05) is 31.2 Å². The smallest absolute Gasteiger partial charge is 0.231 e. The summed E-state index contributed by atoms with van der Waals surface area (Å²) < 4.78 is 0. The Labute approximate surface area is 166 Å². The molecule has 1 aromatic heterocycles. The van der Waals surface area contributed by atoms with Gasteiger partial charge < -0.3 is 10.6 Å². The minimum Gasteiger partial charge on any atom is -0.369 e. The van der Waals surface area contributed by atoms with Gasteiger partial charge in [0.2, 0.25) is 11.8 Å². The number of nitrogens with zero attached hydrogens (tertiary/aromatic N) is 3. The summed E-state index contributed by atoms with van der Waals surface area (Å²) in [5.41, 5.74) is 8.75. The Balaban J connectivity index is 1.87. The molecule has 3 rings (SSSR count). The van der Waals surface area contributed by atoms with Crippen molar-refractivity contribution in [1.29, 1.82) is 0 Å². The zero-order chi connectivity index (χ0) is 19.9. The largest absolute Gasteiger partial charge is 0.369 e. The van der Waals surface area contributed by atoms with E-state index in [1.165, 1.54) is 0 Å². The van der Waals surface area contributed by atoms with Gasteiger partial charge in [-0.2, -0.15) is 0 Å². The van der Waals surface area contributed by atoms with Crippen molar-refractivity contribution in [2.75, 3.05) is 32.7 Å². The van der Waals surface area contributed by atoms with Crippen LogP contribution in [0.5, 0.6) is 0 Å². The van der Waals surface area contributed by atoms with Crippen molar-refractivity contribution in [1.82, 2.24) is 14.8 Å². The van der Waals surface area contributed by atoms with Crippen molar-refractivity contribution in [3.63, 3.8) is 0 Å². The maximum Gasteiger partial charge on any atom is 0.231 e. The van der Waals surface area contributed by atoms with Gasteiger partial charge in [0.15, 0.2) is 0 Å². The molecule has 1 fully saturated rings. The third-order valence-electron chi connectivity index (χ3n) is 5.17. The Morgan fingerprint density at radius 1 is 1.18 bits per heavy atom. The fraction of sp³-hybridized carbons (Fsp3) is 0.409. The summed E-state index contributed by atoms with van der Waals surface area (Å²) in [4.78, 5) is 32.7. The third-order valence-corrected chi connectivity index (χ3v) is 5.17. The summed E-state index contributed by atoms with van der Waals surface area (Å²) in [7, 11) is 0. The predicted octanol–water partition coefficient (Wildman–Crippen LogP) is 1.95. The second-order valence-electron chi connectivity index (χ2n) is 7.32. The van der Waals surface area contributed by atoms with Crippen LogP contribution in [0.25, 0.3) is 11.1 Å². The van der Waals surface area contributed by atoms with Gasteiger partial charge in [0.05, 0.1) is 12.5 Å². The van der Waals surface area contributed by atoms with Crippen LogP contribution in [0.1, 0.15) is 18.9 Å². The van der Waals surface area contributed by atoms with Gasteiger partial charge in [-0.05, 0) is 41.7 Å². The first-order chi connectivity index (χ1) is 13.6. The molecular formula is C22H28N4O2. The molecule has 1 unspecified atom stereocenters. The lowest BCUT2D eigenvalue weighted by Gasteiger charge is -2.24. The predicted molar refractivity (Wildman–Crippen MR) is 109 cm³/mol. The molecule has 1 aliphatic rings. The van der Waals surface area contributed by atoms with E-state index in [1.54, 1.807) is 12.4 Å². The molecule has 2 amide bonds. The molecular weight excluding hydrogens is 352 g/mol. The lowest BCUT2D eigenvalue weighted by atomic mass is 9.91. The molecule has 148 valence electrons. The number of primary amides is 1. The Kier molecular flexibility index (Phi) is 6.76. The van der Waals surface area contributed by atoms with E-state index in [1.807, 2.05) is 34.1 Å².